The van der Waals surface area contributed by atoms with Gasteiger partial charge in [-0.15, -0.1) is 0 Å². The number of thiazole rings is 1. The van der Waals surface area contributed by atoms with Crippen LogP contribution in [0.25, 0.3) is 10.2 Å². The lowest BCUT2D eigenvalue weighted by molar-refractivity contribution is 0.105. The molecule has 0 unspecified atom stereocenters. The van der Waals surface area contributed by atoms with Crippen molar-refractivity contribution in [1.82, 2.24) is 9.88 Å². The summed E-state index contributed by atoms with van der Waals surface area (Å²) in [6.07, 6.45) is -0.246. The van der Waals surface area contributed by atoms with Gasteiger partial charge in [0.1, 0.15) is 21.7 Å². The quantitative estimate of drug-likeness (QED) is 0.844. The molecule has 1 aromatic heterocycles. The van der Waals surface area contributed by atoms with Crippen molar-refractivity contribution in [3.63, 3.8) is 0 Å². The van der Waals surface area contributed by atoms with Crippen LogP contribution in [0, 0.1) is 0 Å². The van der Waals surface area contributed by atoms with Crippen molar-refractivity contribution in [3.8, 4) is 11.5 Å². The summed E-state index contributed by atoms with van der Waals surface area (Å²) < 4.78 is 16.9. The second kappa shape index (κ2) is 7.12. The average molecular weight is 351 g/mol. The van der Waals surface area contributed by atoms with Crippen molar-refractivity contribution in [2.24, 2.45) is 0 Å². The third-order valence-corrected chi connectivity index (χ3v) is 5.11. The van der Waals surface area contributed by atoms with Crippen LogP contribution in [0.5, 0.6) is 11.5 Å². The summed E-state index contributed by atoms with van der Waals surface area (Å²) in [5.74, 6) is 1.53. The number of carbonyl (C=O) groups excluding carboxylic acids is 1. The Balaban J connectivity index is 1.80. The smallest absolute Gasteiger partial charge is 0.409 e. The van der Waals surface area contributed by atoms with Crippen LogP contribution in [0.15, 0.2) is 12.1 Å². The topological polar surface area (TPSA) is 64.1 Å². The summed E-state index contributed by atoms with van der Waals surface area (Å²) >= 11 is 1.58. The van der Waals surface area contributed by atoms with Crippen LogP contribution in [0.2, 0.25) is 0 Å². The van der Waals surface area contributed by atoms with Crippen LogP contribution in [0.3, 0.4) is 0 Å². The minimum atomic E-state index is -0.246. The number of fused-ring (bicyclic) bond motifs is 1. The van der Waals surface area contributed by atoms with E-state index >= 15 is 0 Å². The Morgan fingerprint density at radius 2 is 1.83 bits per heavy atom. The molecule has 1 amide bonds. The van der Waals surface area contributed by atoms with E-state index in [-0.39, 0.29) is 6.09 Å². The van der Waals surface area contributed by atoms with Gasteiger partial charge in [0.25, 0.3) is 0 Å². The molecule has 0 N–H and O–H groups in total. The van der Waals surface area contributed by atoms with Gasteiger partial charge in [-0.25, -0.2) is 9.78 Å². The third-order valence-electron chi connectivity index (χ3n) is 3.98. The molecule has 1 saturated heterocycles. The van der Waals surface area contributed by atoms with Crippen LogP contribution in [0.4, 0.5) is 9.93 Å². The highest BCUT2D eigenvalue weighted by molar-refractivity contribution is 7.22. The number of benzene rings is 1. The van der Waals surface area contributed by atoms with Crippen molar-refractivity contribution in [3.05, 3.63) is 12.1 Å². The molecule has 0 bridgehead atoms. The predicted molar refractivity (Wildman–Crippen MR) is 93.5 cm³/mol. The number of amides is 1. The molecule has 1 aromatic carbocycles. The van der Waals surface area contributed by atoms with E-state index in [1.54, 1.807) is 30.5 Å². The first-order chi connectivity index (χ1) is 11.7. The maximum Gasteiger partial charge on any atom is 0.409 e. The van der Waals surface area contributed by atoms with Crippen LogP contribution >= 0.6 is 11.3 Å². The Bertz CT molecular complexity index is 684. The second-order valence-corrected chi connectivity index (χ2v) is 6.29. The Morgan fingerprint density at radius 3 is 2.46 bits per heavy atom. The van der Waals surface area contributed by atoms with E-state index in [9.17, 15) is 4.79 Å². The molecule has 0 atom stereocenters. The first kappa shape index (κ1) is 16.6. The molecular weight excluding hydrogens is 330 g/mol. The third kappa shape index (κ3) is 3.06. The van der Waals surface area contributed by atoms with E-state index in [1.807, 2.05) is 19.1 Å². The number of ether oxygens (including phenoxy) is 3. The van der Waals surface area contributed by atoms with Gasteiger partial charge in [-0.05, 0) is 19.1 Å². The van der Waals surface area contributed by atoms with Crippen molar-refractivity contribution in [1.29, 1.82) is 0 Å². The van der Waals surface area contributed by atoms with E-state index < -0.39 is 0 Å². The number of carbonyl (C=O) groups is 1. The van der Waals surface area contributed by atoms with Gasteiger partial charge in [0.05, 0.1) is 20.8 Å². The highest BCUT2D eigenvalue weighted by atomic mass is 32.1. The molecule has 0 aliphatic carbocycles. The zero-order valence-electron chi connectivity index (χ0n) is 14.1. The summed E-state index contributed by atoms with van der Waals surface area (Å²) in [4.78, 5) is 20.4. The lowest BCUT2D eigenvalue weighted by atomic mass is 10.3. The average Bonchev–Trinajstić information content (AvgIpc) is 3.06. The fourth-order valence-corrected chi connectivity index (χ4v) is 3.83. The van der Waals surface area contributed by atoms with Crippen molar-refractivity contribution in [2.45, 2.75) is 6.92 Å². The number of aromatic nitrogens is 1. The Hall–Kier alpha value is -2.22. The number of hydrogen-bond acceptors (Lipinski definition) is 7. The minimum Gasteiger partial charge on any atom is -0.495 e. The summed E-state index contributed by atoms with van der Waals surface area (Å²) in [5, 5.41) is 0.913. The first-order valence-corrected chi connectivity index (χ1v) is 8.67. The molecule has 1 aliphatic rings. The number of nitrogens with zero attached hydrogens (tertiary/aromatic N) is 3. The highest BCUT2D eigenvalue weighted by Crippen LogP contribution is 2.40. The van der Waals surface area contributed by atoms with E-state index in [2.05, 4.69) is 4.90 Å². The standard InChI is InChI=1S/C16H21N3O4S/c1-4-23-16(20)19-9-7-18(8-10-19)15-17-13-11(21-2)5-6-12(22-3)14(13)24-15/h5-6H,4,7-10H2,1-3H3. The van der Waals surface area contributed by atoms with Crippen molar-refractivity contribution < 1.29 is 19.0 Å². The lowest BCUT2D eigenvalue weighted by Crippen LogP contribution is -2.48. The van der Waals surface area contributed by atoms with Crippen LogP contribution in [0.1, 0.15) is 6.92 Å². The summed E-state index contributed by atoms with van der Waals surface area (Å²) in [7, 11) is 3.29. The SMILES string of the molecule is CCOC(=O)N1CCN(c2nc3c(OC)ccc(OC)c3s2)CC1. The van der Waals surface area contributed by atoms with Gasteiger partial charge >= 0.3 is 6.09 Å². The molecule has 0 spiro atoms. The van der Waals surface area contributed by atoms with Crippen LogP contribution in [-0.2, 0) is 4.74 Å². The molecule has 1 aliphatic heterocycles. The Kier molecular flexibility index (Phi) is 4.94. The van der Waals surface area contributed by atoms with Crippen LogP contribution in [-0.4, -0.2) is 63.0 Å². The molecule has 1 fully saturated rings. The van der Waals surface area contributed by atoms with Gasteiger partial charge in [0.15, 0.2) is 5.13 Å². The zero-order valence-corrected chi connectivity index (χ0v) is 14.9. The number of anilines is 1. The first-order valence-electron chi connectivity index (χ1n) is 7.86. The van der Waals surface area contributed by atoms with Crippen molar-refractivity contribution in [2.75, 3.05) is 51.9 Å². The number of rotatable bonds is 4. The fraction of sp³-hybridized carbons (Fsp3) is 0.500. The Morgan fingerprint density at radius 1 is 1.17 bits per heavy atom. The van der Waals surface area contributed by atoms with E-state index in [0.717, 1.165) is 39.9 Å². The number of hydrogen-bond donors (Lipinski definition) is 0. The summed E-state index contributed by atoms with van der Waals surface area (Å²) in [6, 6.07) is 3.76. The maximum absolute atomic E-state index is 11.8. The zero-order chi connectivity index (χ0) is 17.1. The van der Waals surface area contributed by atoms with E-state index in [4.69, 9.17) is 19.2 Å². The second-order valence-electron chi connectivity index (χ2n) is 5.32. The molecule has 2 aromatic rings. The minimum absolute atomic E-state index is 0.246. The fourth-order valence-electron chi connectivity index (χ4n) is 2.70. The monoisotopic (exact) mass is 351 g/mol. The van der Waals surface area contributed by atoms with Crippen LogP contribution < -0.4 is 14.4 Å². The lowest BCUT2D eigenvalue weighted by Gasteiger charge is -2.33. The molecular formula is C16H21N3O4S. The largest absolute Gasteiger partial charge is 0.495 e. The highest BCUT2D eigenvalue weighted by Gasteiger charge is 2.25. The molecule has 0 radical (unpaired) electrons. The number of piperazine rings is 1. The molecule has 2 heterocycles. The van der Waals surface area contributed by atoms with Gasteiger partial charge in [0, 0.05) is 26.2 Å². The summed E-state index contributed by atoms with van der Waals surface area (Å²) in [5.41, 5.74) is 0.810. The molecule has 3 rings (SSSR count). The van der Waals surface area contributed by atoms with Gasteiger partial charge in [-0.1, -0.05) is 11.3 Å². The van der Waals surface area contributed by atoms with Gasteiger partial charge in [-0.2, -0.15) is 0 Å². The molecule has 0 saturated carbocycles. The van der Waals surface area contributed by atoms with Gasteiger partial charge in [0.2, 0.25) is 0 Å². The molecule has 8 heteroatoms. The maximum atomic E-state index is 11.8. The van der Waals surface area contributed by atoms with Crippen molar-refractivity contribution >= 4 is 32.8 Å². The van der Waals surface area contributed by atoms with Gasteiger partial charge < -0.3 is 24.0 Å². The Labute approximate surface area is 144 Å². The molecule has 130 valence electrons. The van der Waals surface area contributed by atoms with E-state index in [1.165, 1.54) is 0 Å². The summed E-state index contributed by atoms with van der Waals surface area (Å²) in [6.45, 7) is 4.92. The number of methoxy groups -OCH3 is 2. The molecule has 7 nitrogen and oxygen atoms in total. The van der Waals surface area contributed by atoms with E-state index in [0.29, 0.717) is 19.7 Å². The van der Waals surface area contributed by atoms with Gasteiger partial charge in [-0.3, -0.25) is 0 Å². The molecule has 24 heavy (non-hydrogen) atoms. The normalized spacial score (nSPS) is 14.8. The predicted octanol–water partition coefficient (Wildman–Crippen LogP) is 2.59.